The fraction of sp³-hybridized carbons (Fsp3) is 0.273. The molecule has 4 aromatic carbocycles. The summed E-state index contributed by atoms with van der Waals surface area (Å²) in [6, 6.07) is 31.2. The van der Waals surface area contributed by atoms with Crippen molar-refractivity contribution in [2.75, 3.05) is 30.8 Å². The predicted molar refractivity (Wildman–Crippen MR) is 167 cm³/mol. The Labute approximate surface area is 241 Å². The van der Waals surface area contributed by atoms with E-state index in [0.29, 0.717) is 29.2 Å². The lowest BCUT2D eigenvalue weighted by atomic mass is 9.82. The van der Waals surface area contributed by atoms with E-state index in [1.54, 1.807) is 17.4 Å². The van der Waals surface area contributed by atoms with Crippen LogP contribution in [0.4, 0.5) is 17.5 Å². The van der Waals surface area contributed by atoms with Crippen LogP contribution in [0.1, 0.15) is 25.7 Å². The van der Waals surface area contributed by atoms with Gasteiger partial charge >= 0.3 is 0 Å². The summed E-state index contributed by atoms with van der Waals surface area (Å²) < 4.78 is 28.5. The van der Waals surface area contributed by atoms with Gasteiger partial charge in [-0.2, -0.15) is 4.98 Å². The van der Waals surface area contributed by atoms with E-state index in [4.69, 9.17) is 9.97 Å². The van der Waals surface area contributed by atoms with E-state index in [1.807, 2.05) is 91.0 Å². The molecule has 1 aliphatic rings. The number of benzene rings is 4. The highest BCUT2D eigenvalue weighted by Crippen LogP contribution is 2.32. The zero-order valence-corrected chi connectivity index (χ0v) is 24.0. The maximum absolute atomic E-state index is 13.5. The van der Waals surface area contributed by atoms with Crippen LogP contribution >= 0.6 is 0 Å². The molecule has 2 N–H and O–H groups in total. The molecule has 0 radical (unpaired) electrons. The summed E-state index contributed by atoms with van der Waals surface area (Å²) in [6.45, 7) is 1.33. The Morgan fingerprint density at radius 2 is 1.41 bits per heavy atom. The summed E-state index contributed by atoms with van der Waals surface area (Å²) >= 11 is 0. The van der Waals surface area contributed by atoms with Crippen molar-refractivity contribution in [3.05, 3.63) is 97.1 Å². The van der Waals surface area contributed by atoms with Gasteiger partial charge in [0.05, 0.1) is 10.4 Å². The normalized spacial score (nSPS) is 17.6. The molecular weight excluding hydrogens is 530 g/mol. The van der Waals surface area contributed by atoms with Crippen LogP contribution in [0, 0.1) is 11.8 Å². The summed E-state index contributed by atoms with van der Waals surface area (Å²) in [5.74, 6) is 2.24. The number of nitrogens with zero attached hydrogens (tertiary/aromatic N) is 3. The highest BCUT2D eigenvalue weighted by atomic mass is 32.2. The van der Waals surface area contributed by atoms with Gasteiger partial charge in [0.15, 0.2) is 0 Å². The summed E-state index contributed by atoms with van der Waals surface area (Å²) in [6.07, 6.45) is 4.09. The second-order valence-corrected chi connectivity index (χ2v) is 12.9. The van der Waals surface area contributed by atoms with Crippen LogP contribution in [0.25, 0.3) is 21.7 Å². The van der Waals surface area contributed by atoms with E-state index in [2.05, 4.69) is 10.6 Å². The molecule has 1 heterocycles. The quantitative estimate of drug-likeness (QED) is 0.199. The number of nitrogens with one attached hydrogen (secondary N) is 2. The molecule has 0 atom stereocenters. The average molecular weight is 566 g/mol. The number of hydrogen-bond acceptors (Lipinski definition) is 6. The third-order valence-electron chi connectivity index (χ3n) is 8.11. The van der Waals surface area contributed by atoms with Gasteiger partial charge in [0.2, 0.25) is 16.0 Å². The lowest BCUT2D eigenvalue weighted by Gasteiger charge is -2.31. The molecule has 1 fully saturated rings. The van der Waals surface area contributed by atoms with E-state index in [1.165, 1.54) is 0 Å². The van der Waals surface area contributed by atoms with Gasteiger partial charge < -0.3 is 10.6 Å². The minimum atomic E-state index is -3.57. The first-order valence-corrected chi connectivity index (χ1v) is 15.7. The molecule has 8 heteroatoms. The van der Waals surface area contributed by atoms with Gasteiger partial charge in [-0.25, -0.2) is 17.7 Å². The van der Waals surface area contributed by atoms with Crippen molar-refractivity contribution in [2.45, 2.75) is 30.6 Å². The number of anilines is 3. The molecule has 1 aliphatic carbocycles. The molecule has 5 aromatic rings. The maximum Gasteiger partial charge on any atom is 0.243 e. The highest BCUT2D eigenvalue weighted by Gasteiger charge is 2.28. The molecule has 6 rings (SSSR count). The fourth-order valence-electron chi connectivity index (χ4n) is 5.81. The predicted octanol–water partition coefficient (Wildman–Crippen LogP) is 7.07. The van der Waals surface area contributed by atoms with Crippen molar-refractivity contribution in [3.63, 3.8) is 0 Å². The van der Waals surface area contributed by atoms with Gasteiger partial charge in [-0.15, -0.1) is 0 Å². The van der Waals surface area contributed by atoms with Crippen LogP contribution in [-0.2, 0) is 10.0 Å². The Bertz CT molecular complexity index is 1750. The Morgan fingerprint density at radius 3 is 2.22 bits per heavy atom. The Hall–Kier alpha value is -4.01. The van der Waals surface area contributed by atoms with E-state index in [0.717, 1.165) is 65.4 Å². The Morgan fingerprint density at radius 1 is 0.756 bits per heavy atom. The maximum atomic E-state index is 13.5. The van der Waals surface area contributed by atoms with Gasteiger partial charge in [-0.3, -0.25) is 0 Å². The van der Waals surface area contributed by atoms with Crippen molar-refractivity contribution < 1.29 is 8.42 Å². The highest BCUT2D eigenvalue weighted by molar-refractivity contribution is 7.89. The average Bonchev–Trinajstić information content (AvgIpc) is 3.01. The lowest BCUT2D eigenvalue weighted by Crippen LogP contribution is -2.34. The van der Waals surface area contributed by atoms with Crippen molar-refractivity contribution >= 4 is 49.2 Å². The topological polar surface area (TPSA) is 87.2 Å². The van der Waals surface area contributed by atoms with Gasteiger partial charge in [0, 0.05) is 36.6 Å². The van der Waals surface area contributed by atoms with Gasteiger partial charge in [-0.1, -0.05) is 66.7 Å². The van der Waals surface area contributed by atoms with Gasteiger partial charge in [0.1, 0.15) is 5.82 Å². The Kier molecular flexibility index (Phi) is 7.85. The molecule has 0 amide bonds. The number of para-hydroxylation sites is 2. The summed E-state index contributed by atoms with van der Waals surface area (Å²) in [4.78, 5) is 9.95. The standard InChI is InChI=1S/C33H35N5O2S/c1-38(41(39,40)31-17-9-11-26-10-5-6-14-28(26)31)23-25-20-18-24(19-21-25)22-34-33-36-30-16-8-7-15-29(30)32(37-33)35-27-12-3-2-4-13-27/h2-17,24-25H,18-23H2,1H3,(H2,34,35,36,37). The fourth-order valence-corrected chi connectivity index (χ4v) is 7.27. The number of aromatic nitrogens is 2. The largest absolute Gasteiger partial charge is 0.354 e. The number of fused-ring (bicyclic) bond motifs is 2. The number of hydrogen-bond donors (Lipinski definition) is 2. The lowest BCUT2D eigenvalue weighted by molar-refractivity contribution is 0.251. The first-order chi connectivity index (χ1) is 20.0. The number of rotatable bonds is 9. The minimum Gasteiger partial charge on any atom is -0.354 e. The first-order valence-electron chi connectivity index (χ1n) is 14.2. The molecule has 0 aliphatic heterocycles. The van der Waals surface area contributed by atoms with Crippen LogP contribution in [0.5, 0.6) is 0 Å². The summed E-state index contributed by atoms with van der Waals surface area (Å²) in [5.41, 5.74) is 1.87. The molecule has 0 saturated heterocycles. The van der Waals surface area contributed by atoms with Crippen molar-refractivity contribution in [1.82, 2.24) is 14.3 Å². The SMILES string of the molecule is CN(CC1CCC(CNc2nc(Nc3ccccc3)c3ccccc3n2)CC1)S(=O)(=O)c1cccc2ccccc12. The Balaban J connectivity index is 1.07. The second kappa shape index (κ2) is 11.8. The van der Waals surface area contributed by atoms with Gasteiger partial charge in [0.25, 0.3) is 0 Å². The summed E-state index contributed by atoms with van der Waals surface area (Å²) in [5, 5.41) is 9.61. The molecule has 210 valence electrons. The molecule has 0 bridgehead atoms. The molecule has 0 unspecified atom stereocenters. The van der Waals surface area contributed by atoms with Crippen LogP contribution in [0.2, 0.25) is 0 Å². The smallest absolute Gasteiger partial charge is 0.243 e. The second-order valence-electron chi connectivity index (χ2n) is 10.9. The van der Waals surface area contributed by atoms with Crippen LogP contribution in [0.15, 0.2) is 102 Å². The third-order valence-corrected chi connectivity index (χ3v) is 9.99. The third kappa shape index (κ3) is 6.04. The molecule has 41 heavy (non-hydrogen) atoms. The molecule has 0 spiro atoms. The van der Waals surface area contributed by atoms with Crippen LogP contribution in [-0.4, -0.2) is 42.8 Å². The molecular formula is C33H35N5O2S. The van der Waals surface area contributed by atoms with Crippen LogP contribution < -0.4 is 10.6 Å². The van der Waals surface area contributed by atoms with E-state index < -0.39 is 10.0 Å². The van der Waals surface area contributed by atoms with Crippen molar-refractivity contribution in [2.24, 2.45) is 11.8 Å². The van der Waals surface area contributed by atoms with E-state index in [9.17, 15) is 8.42 Å². The van der Waals surface area contributed by atoms with E-state index >= 15 is 0 Å². The first kappa shape index (κ1) is 27.2. The van der Waals surface area contributed by atoms with Crippen LogP contribution in [0.3, 0.4) is 0 Å². The molecule has 1 aromatic heterocycles. The number of sulfonamides is 1. The van der Waals surface area contributed by atoms with E-state index in [-0.39, 0.29) is 0 Å². The minimum absolute atomic E-state index is 0.347. The van der Waals surface area contributed by atoms with Gasteiger partial charge in [-0.05, 0) is 73.2 Å². The molecule has 7 nitrogen and oxygen atoms in total. The van der Waals surface area contributed by atoms with Crippen molar-refractivity contribution in [1.29, 1.82) is 0 Å². The zero-order chi connectivity index (χ0) is 28.2. The summed E-state index contributed by atoms with van der Waals surface area (Å²) in [7, 11) is -1.86. The van der Waals surface area contributed by atoms with Crippen molar-refractivity contribution in [3.8, 4) is 0 Å². The molecule has 1 saturated carbocycles. The zero-order valence-electron chi connectivity index (χ0n) is 23.2. The monoisotopic (exact) mass is 565 g/mol.